The molecule has 0 saturated heterocycles. The van der Waals surface area contributed by atoms with Crippen LogP contribution in [0.4, 0.5) is 0 Å². The number of aryl methyl sites for hydroxylation is 1. The van der Waals surface area contributed by atoms with Gasteiger partial charge in [-0.05, 0) is 24.8 Å². The minimum Gasteiger partial charge on any atom is -0.445 e. The van der Waals surface area contributed by atoms with E-state index in [-0.39, 0.29) is 0 Å². The van der Waals surface area contributed by atoms with Crippen molar-refractivity contribution in [3.8, 4) is 0 Å². The molecule has 0 spiro atoms. The number of nitrogens with zero attached hydrogens (tertiary/aromatic N) is 1. The van der Waals surface area contributed by atoms with Crippen molar-refractivity contribution in [3.63, 3.8) is 0 Å². The fourth-order valence-electron chi connectivity index (χ4n) is 2.21. The van der Waals surface area contributed by atoms with Crippen LogP contribution in [-0.4, -0.2) is 10.1 Å². The Morgan fingerprint density at radius 3 is 2.55 bits per heavy atom. The first-order valence-corrected chi connectivity index (χ1v) is 7.46. The Morgan fingerprint density at radius 2 is 1.85 bits per heavy atom. The summed E-state index contributed by atoms with van der Waals surface area (Å²) in [5.74, 6) is 0.319. The second kappa shape index (κ2) is 8.08. The maximum absolute atomic E-state index is 9.85. The molecule has 1 aromatic heterocycles. The first kappa shape index (κ1) is 15.1. The molecule has 0 aliphatic rings. The summed E-state index contributed by atoms with van der Waals surface area (Å²) in [6.45, 7) is 0. The van der Waals surface area contributed by atoms with Crippen molar-refractivity contribution < 1.29 is 9.52 Å². The van der Waals surface area contributed by atoms with E-state index in [4.69, 9.17) is 16.0 Å². The number of oxazole rings is 1. The molecule has 4 heteroatoms. The maximum atomic E-state index is 9.85. The van der Waals surface area contributed by atoms with Crippen molar-refractivity contribution in [2.24, 2.45) is 0 Å². The van der Waals surface area contributed by atoms with Crippen molar-refractivity contribution >= 4 is 11.6 Å². The Morgan fingerprint density at radius 1 is 1.10 bits per heavy atom. The molecule has 2 aromatic rings. The molecule has 1 atom stereocenters. The van der Waals surface area contributed by atoms with Crippen molar-refractivity contribution in [2.45, 2.75) is 44.6 Å². The Hall–Kier alpha value is -1.32. The van der Waals surface area contributed by atoms with Crippen LogP contribution >= 0.6 is 11.6 Å². The number of aliphatic hydroxyl groups excluding tert-OH is 1. The number of hydrogen-bond acceptors (Lipinski definition) is 3. The number of halogens is 1. The largest absolute Gasteiger partial charge is 0.445 e. The zero-order chi connectivity index (χ0) is 14.2. The van der Waals surface area contributed by atoms with Gasteiger partial charge in [0.05, 0.1) is 0 Å². The van der Waals surface area contributed by atoms with E-state index >= 15 is 0 Å². The Balaban J connectivity index is 1.55. The first-order chi connectivity index (χ1) is 9.75. The summed E-state index contributed by atoms with van der Waals surface area (Å²) < 4.78 is 5.07. The number of aliphatic hydroxyl groups is 1. The maximum Gasteiger partial charge on any atom is 0.224 e. The third-order valence-electron chi connectivity index (χ3n) is 3.31. The highest BCUT2D eigenvalue weighted by atomic mass is 35.5. The molecule has 20 heavy (non-hydrogen) atoms. The van der Waals surface area contributed by atoms with Gasteiger partial charge >= 0.3 is 0 Å². The Labute approximate surface area is 124 Å². The zero-order valence-corrected chi connectivity index (χ0v) is 12.2. The fourth-order valence-corrected chi connectivity index (χ4v) is 2.34. The Kier molecular flexibility index (Phi) is 6.09. The van der Waals surface area contributed by atoms with Gasteiger partial charge in [0.15, 0.2) is 5.15 Å². The molecular formula is C16H20ClNO2. The second-order valence-electron chi connectivity index (χ2n) is 4.96. The highest BCUT2D eigenvalue weighted by Crippen LogP contribution is 2.21. The van der Waals surface area contributed by atoms with Gasteiger partial charge in [-0.15, -0.1) is 0 Å². The van der Waals surface area contributed by atoms with E-state index in [1.54, 1.807) is 0 Å². The highest BCUT2D eigenvalue weighted by Gasteiger charge is 2.13. The van der Waals surface area contributed by atoms with E-state index in [1.165, 1.54) is 24.7 Å². The number of benzene rings is 1. The van der Waals surface area contributed by atoms with Crippen molar-refractivity contribution in [1.82, 2.24) is 4.98 Å². The normalized spacial score (nSPS) is 12.5. The summed E-state index contributed by atoms with van der Waals surface area (Å²) in [6, 6.07) is 10.5. The summed E-state index contributed by atoms with van der Waals surface area (Å²) in [5, 5.41) is 10.1. The molecule has 1 unspecified atom stereocenters. The van der Waals surface area contributed by atoms with E-state index in [0.29, 0.717) is 17.5 Å². The minimum absolute atomic E-state index is 0.293. The molecule has 108 valence electrons. The van der Waals surface area contributed by atoms with Gasteiger partial charge < -0.3 is 9.52 Å². The molecule has 0 fully saturated rings. The quantitative estimate of drug-likeness (QED) is 0.726. The predicted octanol–water partition coefficient (Wildman–Crippen LogP) is 4.55. The molecule has 2 rings (SSSR count). The molecule has 0 bridgehead atoms. The third-order valence-corrected chi connectivity index (χ3v) is 3.49. The smallest absolute Gasteiger partial charge is 0.224 e. The lowest BCUT2D eigenvalue weighted by Crippen LogP contribution is -1.97. The van der Waals surface area contributed by atoms with E-state index in [9.17, 15) is 5.11 Å². The van der Waals surface area contributed by atoms with E-state index in [2.05, 4.69) is 29.2 Å². The van der Waals surface area contributed by atoms with Crippen LogP contribution in [0.3, 0.4) is 0 Å². The molecule has 1 aromatic carbocycles. The monoisotopic (exact) mass is 293 g/mol. The number of rotatable bonds is 8. The van der Waals surface area contributed by atoms with Crippen LogP contribution in [0.1, 0.15) is 49.7 Å². The minimum atomic E-state index is -0.642. The summed E-state index contributed by atoms with van der Waals surface area (Å²) >= 11 is 5.65. The van der Waals surface area contributed by atoms with Gasteiger partial charge in [0, 0.05) is 0 Å². The molecule has 3 nitrogen and oxygen atoms in total. The van der Waals surface area contributed by atoms with Gasteiger partial charge in [0.1, 0.15) is 12.4 Å². The SMILES string of the molecule is OC(CCCCCCc1ccccc1)c1nc(Cl)co1. The summed E-state index contributed by atoms with van der Waals surface area (Å²) in [4.78, 5) is 3.91. The van der Waals surface area contributed by atoms with Gasteiger partial charge in [-0.3, -0.25) is 0 Å². The highest BCUT2D eigenvalue weighted by molar-refractivity contribution is 6.29. The van der Waals surface area contributed by atoms with Crippen LogP contribution in [0, 0.1) is 0 Å². The number of unbranched alkanes of at least 4 members (excludes halogenated alkanes) is 3. The fraction of sp³-hybridized carbons (Fsp3) is 0.438. The van der Waals surface area contributed by atoms with Gasteiger partial charge in [-0.2, -0.15) is 4.98 Å². The summed E-state index contributed by atoms with van der Waals surface area (Å²) in [5.41, 5.74) is 1.39. The van der Waals surface area contributed by atoms with Crippen molar-refractivity contribution in [3.05, 3.63) is 53.2 Å². The molecule has 0 radical (unpaired) electrons. The summed E-state index contributed by atoms with van der Waals surface area (Å²) in [7, 11) is 0. The molecular weight excluding hydrogens is 274 g/mol. The van der Waals surface area contributed by atoms with Crippen molar-refractivity contribution in [2.75, 3.05) is 0 Å². The van der Waals surface area contributed by atoms with Gasteiger partial charge in [0.25, 0.3) is 0 Å². The zero-order valence-electron chi connectivity index (χ0n) is 11.5. The average Bonchev–Trinajstić information content (AvgIpc) is 2.90. The molecule has 0 saturated carbocycles. The predicted molar refractivity (Wildman–Crippen MR) is 79.7 cm³/mol. The molecule has 1 heterocycles. The second-order valence-corrected chi connectivity index (χ2v) is 5.35. The van der Waals surface area contributed by atoms with Gasteiger partial charge in [-0.25, -0.2) is 0 Å². The molecule has 0 aliphatic heterocycles. The van der Waals surface area contributed by atoms with E-state index < -0.39 is 6.10 Å². The van der Waals surface area contributed by atoms with E-state index in [0.717, 1.165) is 19.3 Å². The van der Waals surface area contributed by atoms with Crippen LogP contribution in [0.5, 0.6) is 0 Å². The van der Waals surface area contributed by atoms with Crippen LogP contribution in [-0.2, 0) is 6.42 Å². The lowest BCUT2D eigenvalue weighted by atomic mass is 10.0. The first-order valence-electron chi connectivity index (χ1n) is 7.08. The molecule has 0 aliphatic carbocycles. The average molecular weight is 294 g/mol. The Bertz CT molecular complexity index is 498. The van der Waals surface area contributed by atoms with Crippen molar-refractivity contribution in [1.29, 1.82) is 0 Å². The number of aromatic nitrogens is 1. The topological polar surface area (TPSA) is 46.3 Å². The van der Waals surface area contributed by atoms with Gasteiger partial charge in [-0.1, -0.05) is 61.2 Å². The van der Waals surface area contributed by atoms with E-state index in [1.807, 2.05) is 6.07 Å². The standard InChI is InChI=1S/C16H20ClNO2/c17-15-12-20-16(18-15)14(19)11-7-2-1-4-8-13-9-5-3-6-10-13/h3,5-6,9-10,12,14,19H,1-2,4,7-8,11H2. The number of hydrogen-bond donors (Lipinski definition) is 1. The van der Waals surface area contributed by atoms with Crippen LogP contribution in [0.2, 0.25) is 5.15 Å². The molecule has 1 N–H and O–H groups in total. The third kappa shape index (κ3) is 4.99. The lowest BCUT2D eigenvalue weighted by molar-refractivity contribution is 0.130. The van der Waals surface area contributed by atoms with Gasteiger partial charge in [0.2, 0.25) is 5.89 Å². The summed E-state index contributed by atoms with van der Waals surface area (Å²) in [6.07, 6.45) is 6.94. The van der Waals surface area contributed by atoms with Crippen LogP contribution < -0.4 is 0 Å². The molecule has 0 amide bonds. The van der Waals surface area contributed by atoms with Crippen LogP contribution in [0.15, 0.2) is 41.0 Å². The van der Waals surface area contributed by atoms with Crippen LogP contribution in [0.25, 0.3) is 0 Å². The lowest BCUT2D eigenvalue weighted by Gasteiger charge is -2.06.